The number of aromatic nitrogens is 1. The van der Waals surface area contributed by atoms with Crippen LogP contribution in [0.1, 0.15) is 12.5 Å². The third-order valence-electron chi connectivity index (χ3n) is 4.43. The van der Waals surface area contributed by atoms with Crippen LogP contribution in [0.4, 0.5) is 5.69 Å². The van der Waals surface area contributed by atoms with E-state index in [-0.39, 0.29) is 10.8 Å². The highest BCUT2D eigenvalue weighted by molar-refractivity contribution is 8.00. The minimum Gasteiger partial charge on any atom is -0.379 e. The van der Waals surface area contributed by atoms with Gasteiger partial charge in [-0.15, -0.1) is 0 Å². The van der Waals surface area contributed by atoms with E-state index >= 15 is 0 Å². The number of halogens is 1. The zero-order valence-corrected chi connectivity index (χ0v) is 18.5. The van der Waals surface area contributed by atoms with Crippen LogP contribution in [0.2, 0.25) is 5.02 Å². The van der Waals surface area contributed by atoms with Crippen LogP contribution in [0.25, 0.3) is 0 Å². The van der Waals surface area contributed by atoms with Crippen LogP contribution < -0.4 is 5.32 Å². The number of sulfonamides is 1. The summed E-state index contributed by atoms with van der Waals surface area (Å²) < 4.78 is 32.6. The van der Waals surface area contributed by atoms with E-state index < -0.39 is 15.3 Å². The smallest absolute Gasteiger partial charge is 0.243 e. The molecular formula is C19H22ClN3O4S2. The summed E-state index contributed by atoms with van der Waals surface area (Å²) in [5.41, 5.74) is 1.05. The average Bonchev–Trinajstić information content (AvgIpc) is 2.71. The third-order valence-corrected chi connectivity index (χ3v) is 8.00. The van der Waals surface area contributed by atoms with Gasteiger partial charge in [-0.2, -0.15) is 4.31 Å². The molecule has 7 nitrogen and oxygen atoms in total. The number of rotatable bonds is 6. The molecule has 1 aromatic carbocycles. The van der Waals surface area contributed by atoms with Crippen molar-refractivity contribution in [2.45, 2.75) is 29.0 Å². The Kier molecular flexibility index (Phi) is 7.18. The molecule has 1 N–H and O–H groups in total. The van der Waals surface area contributed by atoms with Crippen LogP contribution >= 0.6 is 23.4 Å². The van der Waals surface area contributed by atoms with Gasteiger partial charge in [0.2, 0.25) is 15.9 Å². The van der Waals surface area contributed by atoms with E-state index in [0.29, 0.717) is 47.6 Å². The molecule has 3 rings (SSSR count). The van der Waals surface area contributed by atoms with Crippen molar-refractivity contribution in [1.29, 1.82) is 0 Å². The molecule has 0 radical (unpaired) electrons. The number of carbonyl (C=O) groups is 1. The highest BCUT2D eigenvalue weighted by Crippen LogP contribution is 2.29. The quantitative estimate of drug-likeness (QED) is 0.673. The molecule has 1 aliphatic rings. The van der Waals surface area contributed by atoms with E-state index in [9.17, 15) is 13.2 Å². The van der Waals surface area contributed by atoms with E-state index in [1.807, 2.05) is 0 Å². The average molecular weight is 456 g/mol. The van der Waals surface area contributed by atoms with Crippen molar-refractivity contribution in [3.8, 4) is 0 Å². The molecular weight excluding hydrogens is 434 g/mol. The number of benzene rings is 1. The fourth-order valence-corrected chi connectivity index (χ4v) is 5.52. The molecule has 10 heteroatoms. The van der Waals surface area contributed by atoms with Crippen molar-refractivity contribution < 1.29 is 17.9 Å². The van der Waals surface area contributed by atoms with E-state index in [4.69, 9.17) is 16.3 Å². The molecule has 1 aliphatic heterocycles. The first kappa shape index (κ1) is 22.0. The number of aryl methyl sites for hydroxylation is 1. The maximum atomic E-state index is 13.0. The fourth-order valence-electron chi connectivity index (χ4n) is 2.80. The molecule has 29 heavy (non-hydrogen) atoms. The summed E-state index contributed by atoms with van der Waals surface area (Å²) >= 11 is 7.34. The Labute approximate surface area is 179 Å². The van der Waals surface area contributed by atoms with Gasteiger partial charge in [0.15, 0.2) is 0 Å². The lowest BCUT2D eigenvalue weighted by Crippen LogP contribution is -2.40. The standard InChI is InChI=1S/C19H22ClN3O4S2/c1-13-5-6-15(12-17(13)29(25,26)23-8-10-27-11-9-23)22-18(24)14(2)28-19-16(20)4-3-7-21-19/h3-7,12,14H,8-11H2,1-2H3,(H,22,24). The van der Waals surface area contributed by atoms with Crippen LogP contribution in [-0.4, -0.2) is 55.2 Å². The Morgan fingerprint density at radius 2 is 2.03 bits per heavy atom. The number of morpholine rings is 1. The van der Waals surface area contributed by atoms with Crippen molar-refractivity contribution >= 4 is 45.0 Å². The highest BCUT2D eigenvalue weighted by Gasteiger charge is 2.28. The Morgan fingerprint density at radius 1 is 1.31 bits per heavy atom. The molecule has 1 aromatic heterocycles. The first-order valence-electron chi connectivity index (χ1n) is 9.05. The molecule has 0 bridgehead atoms. The van der Waals surface area contributed by atoms with Gasteiger partial charge in [0.05, 0.1) is 28.4 Å². The number of pyridine rings is 1. The van der Waals surface area contributed by atoms with Crippen molar-refractivity contribution in [1.82, 2.24) is 9.29 Å². The highest BCUT2D eigenvalue weighted by atomic mass is 35.5. The van der Waals surface area contributed by atoms with Crippen LogP contribution in [0, 0.1) is 6.92 Å². The Bertz CT molecular complexity index is 995. The van der Waals surface area contributed by atoms with Crippen molar-refractivity contribution in [2.75, 3.05) is 31.6 Å². The lowest BCUT2D eigenvalue weighted by atomic mass is 10.2. The SMILES string of the molecule is Cc1ccc(NC(=O)C(C)Sc2ncccc2Cl)cc1S(=O)(=O)N1CCOCC1. The lowest BCUT2D eigenvalue weighted by Gasteiger charge is -2.27. The van der Waals surface area contributed by atoms with Gasteiger partial charge in [-0.05, 0) is 43.7 Å². The third kappa shape index (κ3) is 5.29. The van der Waals surface area contributed by atoms with Gasteiger partial charge < -0.3 is 10.1 Å². The van der Waals surface area contributed by atoms with Crippen molar-refractivity contribution in [2.24, 2.45) is 0 Å². The van der Waals surface area contributed by atoms with Gasteiger partial charge in [0.25, 0.3) is 0 Å². The largest absolute Gasteiger partial charge is 0.379 e. The van der Waals surface area contributed by atoms with E-state index in [0.717, 1.165) is 0 Å². The number of ether oxygens (including phenoxy) is 1. The molecule has 2 aromatic rings. The zero-order chi connectivity index (χ0) is 21.0. The number of nitrogens with one attached hydrogen (secondary N) is 1. The van der Waals surface area contributed by atoms with Gasteiger partial charge >= 0.3 is 0 Å². The summed E-state index contributed by atoms with van der Waals surface area (Å²) in [6.07, 6.45) is 1.61. The predicted octanol–water partition coefficient (Wildman–Crippen LogP) is 3.18. The Hall–Kier alpha value is -1.65. The second kappa shape index (κ2) is 9.44. The Morgan fingerprint density at radius 3 is 2.72 bits per heavy atom. The summed E-state index contributed by atoms with van der Waals surface area (Å²) in [4.78, 5) is 17.0. The monoisotopic (exact) mass is 455 g/mol. The molecule has 1 saturated heterocycles. The van der Waals surface area contributed by atoms with Gasteiger partial charge in [0, 0.05) is 25.0 Å². The molecule has 1 atom stereocenters. The number of nitrogens with zero attached hydrogens (tertiary/aromatic N) is 2. The van der Waals surface area contributed by atoms with E-state index in [1.165, 1.54) is 22.1 Å². The maximum Gasteiger partial charge on any atom is 0.243 e. The molecule has 0 aliphatic carbocycles. The van der Waals surface area contributed by atoms with Crippen molar-refractivity contribution in [3.05, 3.63) is 47.1 Å². The minimum atomic E-state index is -3.66. The summed E-state index contributed by atoms with van der Waals surface area (Å²) in [5, 5.41) is 3.36. The first-order valence-corrected chi connectivity index (χ1v) is 11.8. The normalized spacial score (nSPS) is 16.4. The maximum absolute atomic E-state index is 13.0. The number of hydrogen-bond donors (Lipinski definition) is 1. The molecule has 0 spiro atoms. The van der Waals surface area contributed by atoms with Gasteiger partial charge in [-0.1, -0.05) is 29.4 Å². The molecule has 0 saturated carbocycles. The van der Waals surface area contributed by atoms with E-state index in [1.54, 1.807) is 44.3 Å². The summed E-state index contributed by atoms with van der Waals surface area (Å²) in [6.45, 7) is 4.86. The summed E-state index contributed by atoms with van der Waals surface area (Å²) in [6, 6.07) is 8.32. The van der Waals surface area contributed by atoms with Crippen LogP contribution in [-0.2, 0) is 19.6 Å². The van der Waals surface area contributed by atoms with Gasteiger partial charge in [-0.25, -0.2) is 13.4 Å². The number of hydrogen-bond acceptors (Lipinski definition) is 6. The van der Waals surface area contributed by atoms with Crippen molar-refractivity contribution in [3.63, 3.8) is 0 Å². The molecule has 2 heterocycles. The minimum absolute atomic E-state index is 0.185. The number of anilines is 1. The second-order valence-electron chi connectivity index (χ2n) is 6.54. The Balaban J connectivity index is 1.75. The molecule has 1 fully saturated rings. The number of thioether (sulfide) groups is 1. The summed E-state index contributed by atoms with van der Waals surface area (Å²) in [5.74, 6) is -0.268. The van der Waals surface area contributed by atoms with Crippen LogP contribution in [0.15, 0.2) is 46.5 Å². The van der Waals surface area contributed by atoms with Gasteiger partial charge in [0.1, 0.15) is 5.03 Å². The van der Waals surface area contributed by atoms with Crippen LogP contribution in [0.3, 0.4) is 0 Å². The fraction of sp³-hybridized carbons (Fsp3) is 0.368. The molecule has 156 valence electrons. The second-order valence-corrected chi connectivity index (χ2v) is 10.2. The first-order chi connectivity index (χ1) is 13.8. The molecule has 1 amide bonds. The van der Waals surface area contributed by atoms with E-state index in [2.05, 4.69) is 10.3 Å². The zero-order valence-electron chi connectivity index (χ0n) is 16.1. The molecule has 1 unspecified atom stereocenters. The predicted molar refractivity (Wildman–Crippen MR) is 114 cm³/mol. The van der Waals surface area contributed by atoms with Gasteiger partial charge in [-0.3, -0.25) is 4.79 Å². The lowest BCUT2D eigenvalue weighted by molar-refractivity contribution is -0.115. The summed E-state index contributed by atoms with van der Waals surface area (Å²) in [7, 11) is -3.66. The number of amides is 1. The van der Waals surface area contributed by atoms with Crippen LogP contribution in [0.5, 0.6) is 0 Å². The topological polar surface area (TPSA) is 88.6 Å². The number of carbonyl (C=O) groups excluding carboxylic acids is 1.